The van der Waals surface area contributed by atoms with Crippen molar-refractivity contribution in [3.8, 4) is 11.3 Å². The molecule has 6 heteroatoms. The first kappa shape index (κ1) is 15.2. The van der Waals surface area contributed by atoms with Crippen LogP contribution in [-0.4, -0.2) is 16.5 Å². The maximum atomic E-state index is 12.0. The Bertz CT molecular complexity index is 964. The van der Waals surface area contributed by atoms with Gasteiger partial charge in [0.25, 0.3) is 0 Å². The molecule has 3 aromatic rings. The van der Waals surface area contributed by atoms with Crippen LogP contribution >= 0.6 is 27.3 Å². The molecule has 4 rings (SSSR count). The zero-order chi connectivity index (χ0) is 16.5. The monoisotopic (exact) mass is 397 g/mol. The van der Waals surface area contributed by atoms with Crippen molar-refractivity contribution in [2.45, 2.75) is 6.42 Å². The van der Waals surface area contributed by atoms with Gasteiger partial charge >= 0.3 is 0 Å². The van der Waals surface area contributed by atoms with Crippen molar-refractivity contribution in [1.82, 2.24) is 4.98 Å². The molecule has 1 N–H and O–H groups in total. The maximum Gasteiger partial charge on any atom is 0.203 e. The number of halogens is 1. The number of fused-ring (bicyclic) bond motifs is 1. The molecule has 0 atom stereocenters. The Hall–Kier alpha value is -2.31. The Kier molecular flexibility index (Phi) is 4.00. The minimum Gasteiger partial charge on any atom is -0.294 e. The van der Waals surface area contributed by atoms with Crippen molar-refractivity contribution in [3.63, 3.8) is 0 Å². The highest BCUT2D eigenvalue weighted by Gasteiger charge is 2.24. The molecule has 1 aliphatic rings. The number of ketones is 1. The molecule has 2 aromatic carbocycles. The van der Waals surface area contributed by atoms with E-state index in [0.717, 1.165) is 32.6 Å². The van der Waals surface area contributed by atoms with Gasteiger partial charge in [-0.05, 0) is 12.1 Å². The number of anilines is 1. The van der Waals surface area contributed by atoms with Gasteiger partial charge in [0.05, 0.1) is 17.8 Å². The molecule has 1 heterocycles. The van der Waals surface area contributed by atoms with Crippen LogP contribution in [0.4, 0.5) is 5.13 Å². The van der Waals surface area contributed by atoms with E-state index in [2.05, 4.69) is 31.4 Å². The van der Waals surface area contributed by atoms with Gasteiger partial charge in [-0.1, -0.05) is 52.3 Å². The normalized spacial score (nSPS) is 14.9. The SMILES string of the molecule is O=C1C/C(=N\Nc2nc(-c3cccc(Br)c3)cs2)c2ccccc21. The first-order chi connectivity index (χ1) is 11.7. The molecular formula is C18H12BrN3OS. The molecule has 4 nitrogen and oxygen atoms in total. The lowest BCUT2D eigenvalue weighted by molar-refractivity contribution is 0.101. The van der Waals surface area contributed by atoms with E-state index in [0.29, 0.717) is 11.6 Å². The van der Waals surface area contributed by atoms with Crippen LogP contribution in [0.2, 0.25) is 0 Å². The number of hydrazone groups is 1. The number of carbonyl (C=O) groups is 1. The van der Waals surface area contributed by atoms with E-state index in [-0.39, 0.29) is 5.78 Å². The highest BCUT2D eigenvalue weighted by molar-refractivity contribution is 9.10. The number of Topliss-reactive ketones (excluding diaryl/α,β-unsaturated/α-hetero) is 1. The van der Waals surface area contributed by atoms with Gasteiger partial charge in [-0.3, -0.25) is 10.2 Å². The van der Waals surface area contributed by atoms with Crippen molar-refractivity contribution in [2.75, 3.05) is 5.43 Å². The molecule has 0 bridgehead atoms. The van der Waals surface area contributed by atoms with Gasteiger partial charge in [-0.2, -0.15) is 5.10 Å². The van der Waals surface area contributed by atoms with Crippen LogP contribution in [0.25, 0.3) is 11.3 Å². The molecule has 0 saturated heterocycles. The summed E-state index contributed by atoms with van der Waals surface area (Å²) in [5, 5.41) is 7.08. The van der Waals surface area contributed by atoms with Crippen LogP contribution in [0.3, 0.4) is 0 Å². The van der Waals surface area contributed by atoms with Gasteiger partial charge in [0.2, 0.25) is 5.13 Å². The highest BCUT2D eigenvalue weighted by atomic mass is 79.9. The summed E-state index contributed by atoms with van der Waals surface area (Å²) in [6.45, 7) is 0. The Morgan fingerprint density at radius 1 is 1.12 bits per heavy atom. The number of hydrogen-bond acceptors (Lipinski definition) is 5. The molecule has 24 heavy (non-hydrogen) atoms. The summed E-state index contributed by atoms with van der Waals surface area (Å²) in [4.78, 5) is 16.5. The lowest BCUT2D eigenvalue weighted by Crippen LogP contribution is -2.00. The van der Waals surface area contributed by atoms with Crippen molar-refractivity contribution in [1.29, 1.82) is 0 Å². The Morgan fingerprint density at radius 3 is 2.79 bits per heavy atom. The lowest BCUT2D eigenvalue weighted by atomic mass is 10.1. The number of hydrogen-bond donors (Lipinski definition) is 1. The third kappa shape index (κ3) is 2.90. The lowest BCUT2D eigenvalue weighted by Gasteiger charge is -1.99. The van der Waals surface area contributed by atoms with Gasteiger partial charge < -0.3 is 0 Å². The quantitative estimate of drug-likeness (QED) is 0.634. The summed E-state index contributed by atoms with van der Waals surface area (Å²) in [7, 11) is 0. The maximum absolute atomic E-state index is 12.0. The van der Waals surface area contributed by atoms with Gasteiger partial charge in [-0.25, -0.2) is 4.98 Å². The molecule has 0 aliphatic heterocycles. The number of aromatic nitrogens is 1. The molecule has 0 amide bonds. The van der Waals surface area contributed by atoms with Crippen molar-refractivity contribution in [2.24, 2.45) is 5.10 Å². The van der Waals surface area contributed by atoms with Crippen molar-refractivity contribution in [3.05, 3.63) is 69.5 Å². The minimum atomic E-state index is 0.111. The summed E-state index contributed by atoms with van der Waals surface area (Å²) < 4.78 is 1.02. The van der Waals surface area contributed by atoms with E-state index in [1.807, 2.05) is 53.9 Å². The molecule has 0 fully saturated rings. The summed E-state index contributed by atoms with van der Waals surface area (Å²) in [6, 6.07) is 15.6. The van der Waals surface area contributed by atoms with Crippen LogP contribution in [-0.2, 0) is 0 Å². The van der Waals surface area contributed by atoms with E-state index < -0.39 is 0 Å². The van der Waals surface area contributed by atoms with Crippen LogP contribution in [0.1, 0.15) is 22.3 Å². The highest BCUT2D eigenvalue weighted by Crippen LogP contribution is 2.27. The van der Waals surface area contributed by atoms with E-state index in [9.17, 15) is 4.79 Å². The second kappa shape index (κ2) is 6.30. The van der Waals surface area contributed by atoms with Gasteiger partial charge in [0, 0.05) is 26.5 Å². The number of thiazole rings is 1. The molecule has 1 aromatic heterocycles. The standard InChI is InChI=1S/C18H12BrN3OS/c19-12-5-3-4-11(8-12)16-10-24-18(20-16)22-21-15-9-17(23)14-7-2-1-6-13(14)15/h1-8,10H,9H2,(H,20,22)/b21-15+. The molecule has 0 radical (unpaired) electrons. The largest absolute Gasteiger partial charge is 0.294 e. The zero-order valence-corrected chi connectivity index (χ0v) is 14.9. The summed E-state index contributed by atoms with van der Waals surface area (Å²) in [6.07, 6.45) is 0.330. The molecule has 1 aliphatic carbocycles. The van der Waals surface area contributed by atoms with Gasteiger partial charge in [0.1, 0.15) is 0 Å². The third-order valence-corrected chi connectivity index (χ3v) is 5.02. The predicted octanol–water partition coefficient (Wildman–Crippen LogP) is 4.98. The van der Waals surface area contributed by atoms with Crippen LogP contribution < -0.4 is 5.43 Å². The topological polar surface area (TPSA) is 54.4 Å². The Balaban J connectivity index is 1.56. The smallest absolute Gasteiger partial charge is 0.203 e. The zero-order valence-electron chi connectivity index (χ0n) is 12.5. The van der Waals surface area contributed by atoms with E-state index in [4.69, 9.17) is 0 Å². The van der Waals surface area contributed by atoms with Crippen LogP contribution in [0, 0.1) is 0 Å². The van der Waals surface area contributed by atoms with Crippen molar-refractivity contribution >= 4 is 43.9 Å². The van der Waals surface area contributed by atoms with Crippen molar-refractivity contribution < 1.29 is 4.79 Å². The van der Waals surface area contributed by atoms with E-state index in [1.54, 1.807) is 0 Å². The van der Waals surface area contributed by atoms with Gasteiger partial charge in [-0.15, -0.1) is 11.3 Å². The minimum absolute atomic E-state index is 0.111. The van der Waals surface area contributed by atoms with Gasteiger partial charge in [0.15, 0.2) is 5.78 Å². The average Bonchev–Trinajstić information content (AvgIpc) is 3.19. The Labute approximate surface area is 151 Å². The molecule has 118 valence electrons. The van der Waals surface area contributed by atoms with E-state index >= 15 is 0 Å². The molecular weight excluding hydrogens is 386 g/mol. The number of nitrogens with zero attached hydrogens (tertiary/aromatic N) is 2. The molecule has 0 saturated carbocycles. The fraction of sp³-hybridized carbons (Fsp3) is 0.0556. The average molecular weight is 398 g/mol. The molecule has 0 unspecified atom stereocenters. The Morgan fingerprint density at radius 2 is 1.96 bits per heavy atom. The second-order valence-electron chi connectivity index (χ2n) is 5.36. The first-order valence-corrected chi connectivity index (χ1v) is 9.04. The second-order valence-corrected chi connectivity index (χ2v) is 7.14. The predicted molar refractivity (Wildman–Crippen MR) is 101 cm³/mol. The number of carbonyl (C=O) groups excluding carboxylic acids is 1. The summed E-state index contributed by atoms with van der Waals surface area (Å²) >= 11 is 4.96. The van der Waals surface area contributed by atoms with Crippen LogP contribution in [0.15, 0.2) is 63.5 Å². The number of nitrogens with one attached hydrogen (secondary N) is 1. The van der Waals surface area contributed by atoms with Crippen LogP contribution in [0.5, 0.6) is 0 Å². The number of benzene rings is 2. The summed E-state index contributed by atoms with van der Waals surface area (Å²) in [5.41, 5.74) is 7.33. The fourth-order valence-electron chi connectivity index (χ4n) is 2.64. The first-order valence-electron chi connectivity index (χ1n) is 7.37. The number of rotatable bonds is 3. The third-order valence-electron chi connectivity index (χ3n) is 3.78. The molecule has 0 spiro atoms. The fourth-order valence-corrected chi connectivity index (χ4v) is 3.70. The summed E-state index contributed by atoms with van der Waals surface area (Å²) in [5.74, 6) is 0.111. The van der Waals surface area contributed by atoms with E-state index in [1.165, 1.54) is 11.3 Å².